The Kier molecular flexibility index (Phi) is 5.49. The first-order valence-electron chi connectivity index (χ1n) is 9.10. The predicted molar refractivity (Wildman–Crippen MR) is 100 cm³/mol. The predicted octanol–water partition coefficient (Wildman–Crippen LogP) is 3.12. The molecule has 2 aliphatic carbocycles. The SMILES string of the molecule is COCC1C2CC(c3cc(OC)cc(OC)c3)C1(C(=O)O)C(C)=CC2OC. The van der Waals surface area contributed by atoms with Gasteiger partial charge in [0.1, 0.15) is 16.9 Å². The summed E-state index contributed by atoms with van der Waals surface area (Å²) in [6.45, 7) is 2.27. The Morgan fingerprint density at radius 1 is 1.15 bits per heavy atom. The lowest BCUT2D eigenvalue weighted by atomic mass is 9.62. The molecule has 0 saturated heterocycles. The fourth-order valence-electron chi connectivity index (χ4n) is 5.24. The standard InChI is InChI=1S/C21H28O6/c1-12-6-19(27-5)16-10-17(21(12,20(22)23)18(16)11-24-2)13-7-14(25-3)9-15(8-13)26-4/h6-9,16-19H,10-11H2,1-5H3,(H,22,23). The van der Waals surface area contributed by atoms with E-state index in [0.717, 1.165) is 11.1 Å². The van der Waals surface area contributed by atoms with Crippen LogP contribution in [0, 0.1) is 17.3 Å². The first-order valence-corrected chi connectivity index (χ1v) is 9.10. The molecule has 0 amide bonds. The molecule has 0 spiro atoms. The summed E-state index contributed by atoms with van der Waals surface area (Å²) >= 11 is 0. The van der Waals surface area contributed by atoms with Crippen molar-refractivity contribution in [3.8, 4) is 11.5 Å². The summed E-state index contributed by atoms with van der Waals surface area (Å²) in [5.74, 6) is 0.163. The zero-order valence-electron chi connectivity index (χ0n) is 16.5. The summed E-state index contributed by atoms with van der Waals surface area (Å²) in [6, 6.07) is 5.63. The van der Waals surface area contributed by atoms with Gasteiger partial charge in [-0.2, -0.15) is 0 Å². The fraction of sp³-hybridized carbons (Fsp3) is 0.571. The van der Waals surface area contributed by atoms with Crippen LogP contribution in [0.25, 0.3) is 0 Å². The number of carbonyl (C=O) groups is 1. The number of hydrogen-bond donors (Lipinski definition) is 1. The minimum Gasteiger partial charge on any atom is -0.497 e. The van der Waals surface area contributed by atoms with Gasteiger partial charge in [0.25, 0.3) is 0 Å². The van der Waals surface area contributed by atoms with E-state index in [2.05, 4.69) is 0 Å². The normalized spacial score (nSPS) is 32.1. The van der Waals surface area contributed by atoms with E-state index in [4.69, 9.17) is 18.9 Å². The summed E-state index contributed by atoms with van der Waals surface area (Å²) in [6.07, 6.45) is 2.56. The zero-order valence-corrected chi connectivity index (χ0v) is 16.5. The molecule has 6 heteroatoms. The fourth-order valence-corrected chi connectivity index (χ4v) is 5.24. The van der Waals surface area contributed by atoms with Crippen molar-refractivity contribution < 1.29 is 28.8 Å². The van der Waals surface area contributed by atoms with Gasteiger partial charge >= 0.3 is 5.97 Å². The number of aliphatic carboxylic acids is 1. The maximum absolute atomic E-state index is 12.7. The molecule has 0 aromatic heterocycles. The lowest BCUT2D eigenvalue weighted by molar-refractivity contribution is -0.152. The maximum Gasteiger partial charge on any atom is 0.314 e. The second-order valence-electron chi connectivity index (χ2n) is 7.38. The lowest BCUT2D eigenvalue weighted by Gasteiger charge is -2.42. The van der Waals surface area contributed by atoms with E-state index in [0.29, 0.717) is 24.5 Å². The van der Waals surface area contributed by atoms with E-state index in [9.17, 15) is 9.90 Å². The smallest absolute Gasteiger partial charge is 0.314 e. The van der Waals surface area contributed by atoms with Crippen molar-refractivity contribution in [2.75, 3.05) is 35.0 Å². The van der Waals surface area contributed by atoms with Crippen molar-refractivity contribution in [1.29, 1.82) is 0 Å². The molecular weight excluding hydrogens is 348 g/mol. The molecule has 1 aromatic rings. The first kappa shape index (κ1) is 19.7. The Hall–Kier alpha value is -2.05. The van der Waals surface area contributed by atoms with Crippen LogP contribution in [-0.4, -0.2) is 52.2 Å². The Labute approximate surface area is 160 Å². The number of benzene rings is 1. The monoisotopic (exact) mass is 376 g/mol. The molecule has 1 N–H and O–H groups in total. The van der Waals surface area contributed by atoms with Gasteiger partial charge in [0, 0.05) is 32.1 Å². The highest BCUT2D eigenvalue weighted by atomic mass is 16.5. The largest absolute Gasteiger partial charge is 0.497 e. The van der Waals surface area contributed by atoms with E-state index in [1.54, 1.807) is 34.5 Å². The van der Waals surface area contributed by atoms with Crippen LogP contribution in [0.4, 0.5) is 0 Å². The van der Waals surface area contributed by atoms with Crippen molar-refractivity contribution >= 4 is 5.97 Å². The highest BCUT2D eigenvalue weighted by molar-refractivity contribution is 5.82. The number of methoxy groups -OCH3 is 4. The number of fused-ring (bicyclic) bond motifs is 2. The second kappa shape index (κ2) is 7.52. The van der Waals surface area contributed by atoms with E-state index in [1.807, 2.05) is 25.1 Å². The van der Waals surface area contributed by atoms with Crippen molar-refractivity contribution in [3.05, 3.63) is 35.4 Å². The third-order valence-corrected chi connectivity index (χ3v) is 6.40. The summed E-state index contributed by atoms with van der Waals surface area (Å²) in [5.41, 5.74) is 0.693. The number of rotatable bonds is 7. The van der Waals surface area contributed by atoms with E-state index in [1.165, 1.54) is 0 Å². The first-order chi connectivity index (χ1) is 12.9. The van der Waals surface area contributed by atoms with Gasteiger partial charge in [0.15, 0.2) is 0 Å². The number of carboxylic acids is 1. The summed E-state index contributed by atoms with van der Waals surface area (Å²) in [5, 5.41) is 10.4. The minimum absolute atomic E-state index is 0.0666. The quantitative estimate of drug-likeness (QED) is 0.737. The summed E-state index contributed by atoms with van der Waals surface area (Å²) in [4.78, 5) is 12.7. The van der Waals surface area contributed by atoms with E-state index >= 15 is 0 Å². The molecule has 5 unspecified atom stereocenters. The van der Waals surface area contributed by atoms with Gasteiger partial charge in [0.2, 0.25) is 0 Å². The molecule has 2 aliphatic rings. The van der Waals surface area contributed by atoms with Gasteiger partial charge in [-0.3, -0.25) is 4.79 Å². The average Bonchev–Trinajstić information content (AvgIpc) is 2.94. The Morgan fingerprint density at radius 3 is 2.26 bits per heavy atom. The molecule has 0 aliphatic heterocycles. The van der Waals surface area contributed by atoms with E-state index in [-0.39, 0.29) is 23.9 Å². The molecule has 2 bridgehead atoms. The number of hydrogen-bond acceptors (Lipinski definition) is 5. The van der Waals surface area contributed by atoms with Crippen molar-refractivity contribution in [2.24, 2.45) is 17.3 Å². The van der Waals surface area contributed by atoms with Crippen molar-refractivity contribution in [1.82, 2.24) is 0 Å². The second-order valence-corrected chi connectivity index (χ2v) is 7.38. The van der Waals surface area contributed by atoms with Crippen LogP contribution in [0.2, 0.25) is 0 Å². The highest BCUT2D eigenvalue weighted by Gasteiger charge is 2.64. The molecule has 1 saturated carbocycles. The summed E-state index contributed by atoms with van der Waals surface area (Å²) < 4.78 is 22.0. The van der Waals surface area contributed by atoms with Crippen LogP contribution in [0.1, 0.15) is 24.8 Å². The molecule has 1 aromatic carbocycles. The molecule has 0 radical (unpaired) electrons. The molecule has 148 valence electrons. The zero-order chi connectivity index (χ0) is 19.8. The summed E-state index contributed by atoms with van der Waals surface area (Å²) in [7, 11) is 6.48. The van der Waals surface area contributed by atoms with Gasteiger partial charge < -0.3 is 24.1 Å². The highest BCUT2D eigenvalue weighted by Crippen LogP contribution is 2.63. The van der Waals surface area contributed by atoms with Gasteiger partial charge in [-0.15, -0.1) is 0 Å². The maximum atomic E-state index is 12.7. The Bertz CT molecular complexity index is 720. The van der Waals surface area contributed by atoms with Crippen LogP contribution in [0.3, 0.4) is 0 Å². The molecule has 3 rings (SSSR count). The lowest BCUT2D eigenvalue weighted by Crippen LogP contribution is -2.47. The van der Waals surface area contributed by atoms with Crippen molar-refractivity contribution in [3.63, 3.8) is 0 Å². The van der Waals surface area contributed by atoms with Crippen molar-refractivity contribution in [2.45, 2.75) is 25.4 Å². The Morgan fingerprint density at radius 2 is 1.78 bits per heavy atom. The van der Waals surface area contributed by atoms with Gasteiger partial charge in [-0.25, -0.2) is 0 Å². The minimum atomic E-state index is -1.03. The number of ether oxygens (including phenoxy) is 4. The van der Waals surface area contributed by atoms with Gasteiger partial charge in [-0.05, 0) is 37.0 Å². The molecule has 27 heavy (non-hydrogen) atoms. The van der Waals surface area contributed by atoms with Crippen LogP contribution in [-0.2, 0) is 14.3 Å². The van der Waals surface area contributed by atoms with Crippen LogP contribution in [0.5, 0.6) is 11.5 Å². The third-order valence-electron chi connectivity index (χ3n) is 6.40. The van der Waals surface area contributed by atoms with Gasteiger partial charge in [-0.1, -0.05) is 11.6 Å². The molecular formula is C21H28O6. The average molecular weight is 376 g/mol. The molecule has 1 fully saturated rings. The van der Waals surface area contributed by atoms with Crippen LogP contribution >= 0.6 is 0 Å². The number of carboxylic acid groups (broad SMARTS) is 1. The topological polar surface area (TPSA) is 74.2 Å². The molecule has 0 heterocycles. The van der Waals surface area contributed by atoms with Crippen LogP contribution in [0.15, 0.2) is 29.8 Å². The molecule has 5 atom stereocenters. The molecule has 6 nitrogen and oxygen atoms in total. The van der Waals surface area contributed by atoms with E-state index < -0.39 is 11.4 Å². The Balaban J connectivity index is 2.20. The third kappa shape index (κ3) is 2.91. The van der Waals surface area contributed by atoms with Gasteiger partial charge in [0.05, 0.1) is 26.9 Å². The van der Waals surface area contributed by atoms with Crippen LogP contribution < -0.4 is 9.47 Å².